The van der Waals surface area contributed by atoms with E-state index in [9.17, 15) is 0 Å². The van der Waals surface area contributed by atoms with E-state index in [4.69, 9.17) is 0 Å². The van der Waals surface area contributed by atoms with Crippen molar-refractivity contribution in [3.8, 4) is 0 Å². The van der Waals surface area contributed by atoms with E-state index in [1.807, 2.05) is 27.7 Å². The molecule has 3 nitrogen and oxygen atoms in total. The number of fused-ring (bicyclic) bond motifs is 1. The summed E-state index contributed by atoms with van der Waals surface area (Å²) in [6, 6.07) is 1.39. The summed E-state index contributed by atoms with van der Waals surface area (Å²) < 4.78 is 0. The van der Waals surface area contributed by atoms with Crippen LogP contribution >= 0.6 is 0 Å². The Bertz CT molecular complexity index is 114. The number of piperazine rings is 1. The summed E-state index contributed by atoms with van der Waals surface area (Å²) in [6.07, 6.45) is 2.64. The molecule has 2 aliphatic heterocycles. The average molecular weight is 215 g/mol. The second kappa shape index (κ2) is 10.4. The van der Waals surface area contributed by atoms with Crippen LogP contribution in [0.3, 0.4) is 0 Å². The Morgan fingerprint density at radius 2 is 1.40 bits per heavy atom. The quantitative estimate of drug-likeness (QED) is 0.571. The van der Waals surface area contributed by atoms with Crippen LogP contribution in [0, 0.1) is 0 Å². The van der Waals surface area contributed by atoms with Crippen molar-refractivity contribution < 1.29 is 0 Å². The molecule has 2 heterocycles. The summed E-state index contributed by atoms with van der Waals surface area (Å²) in [5, 5.41) is 10.5. The molecule has 92 valence electrons. The zero-order chi connectivity index (χ0) is 11.5. The lowest BCUT2D eigenvalue weighted by molar-refractivity contribution is 0.318. The summed E-state index contributed by atoms with van der Waals surface area (Å²) in [5.74, 6) is 0. The molecule has 0 bridgehead atoms. The first-order valence-corrected chi connectivity index (χ1v) is 6.64. The minimum absolute atomic E-state index is 0.672. The van der Waals surface area contributed by atoms with Gasteiger partial charge in [-0.25, -0.2) is 0 Å². The maximum atomic E-state index is 3.56. The van der Waals surface area contributed by atoms with Gasteiger partial charge < -0.3 is 16.0 Å². The van der Waals surface area contributed by atoms with Gasteiger partial charge in [-0.2, -0.15) is 0 Å². The highest BCUT2D eigenvalue weighted by Gasteiger charge is 2.24. The molecule has 15 heavy (non-hydrogen) atoms. The molecule has 2 aliphatic rings. The zero-order valence-electron chi connectivity index (χ0n) is 10.9. The smallest absolute Gasteiger partial charge is 0.0347 e. The van der Waals surface area contributed by atoms with Crippen molar-refractivity contribution in [3.63, 3.8) is 0 Å². The first-order chi connectivity index (χ1) is 7.47. The van der Waals surface area contributed by atoms with Crippen molar-refractivity contribution >= 4 is 0 Å². The van der Waals surface area contributed by atoms with E-state index in [2.05, 4.69) is 16.0 Å². The van der Waals surface area contributed by atoms with Crippen molar-refractivity contribution in [2.75, 3.05) is 26.2 Å². The second-order valence-electron chi connectivity index (χ2n) is 3.47. The van der Waals surface area contributed by atoms with Gasteiger partial charge in [0.25, 0.3) is 0 Å². The average Bonchev–Trinajstić information content (AvgIpc) is 2.59. The minimum Gasteiger partial charge on any atom is -0.315 e. The fraction of sp³-hybridized carbons (Fsp3) is 1.00. The lowest BCUT2D eigenvalue weighted by Gasteiger charge is -2.31. The van der Waals surface area contributed by atoms with Crippen molar-refractivity contribution in [1.82, 2.24) is 16.0 Å². The normalized spacial score (nSPS) is 29.6. The molecular weight excluding hydrogens is 186 g/mol. The highest BCUT2D eigenvalue weighted by molar-refractivity contribution is 4.90. The number of hydrogen-bond donors (Lipinski definition) is 3. The molecule has 3 N–H and O–H groups in total. The van der Waals surface area contributed by atoms with E-state index in [-0.39, 0.29) is 0 Å². The molecule has 0 saturated carbocycles. The minimum atomic E-state index is 0.672. The van der Waals surface area contributed by atoms with E-state index in [0.717, 1.165) is 25.7 Å². The van der Waals surface area contributed by atoms with Crippen molar-refractivity contribution in [2.24, 2.45) is 0 Å². The SMILES string of the molecule is C1CNCC2NCCNC2C1.CC.CC. The van der Waals surface area contributed by atoms with E-state index in [1.54, 1.807) is 0 Å². The number of rotatable bonds is 0. The van der Waals surface area contributed by atoms with Crippen LogP contribution in [0.25, 0.3) is 0 Å². The lowest BCUT2D eigenvalue weighted by atomic mass is 10.0. The van der Waals surface area contributed by atoms with Gasteiger partial charge in [0.05, 0.1) is 0 Å². The summed E-state index contributed by atoms with van der Waals surface area (Å²) in [7, 11) is 0. The zero-order valence-corrected chi connectivity index (χ0v) is 10.9. The van der Waals surface area contributed by atoms with Gasteiger partial charge in [-0.15, -0.1) is 0 Å². The Kier molecular flexibility index (Phi) is 10.3. The Balaban J connectivity index is 0.000000442. The van der Waals surface area contributed by atoms with Crippen LogP contribution in [0.15, 0.2) is 0 Å². The summed E-state index contributed by atoms with van der Waals surface area (Å²) in [5.41, 5.74) is 0. The van der Waals surface area contributed by atoms with Gasteiger partial charge in [0.15, 0.2) is 0 Å². The van der Waals surface area contributed by atoms with Gasteiger partial charge >= 0.3 is 0 Å². The van der Waals surface area contributed by atoms with Gasteiger partial charge in [0.1, 0.15) is 0 Å². The Morgan fingerprint density at radius 1 is 0.800 bits per heavy atom. The molecule has 2 unspecified atom stereocenters. The van der Waals surface area contributed by atoms with Crippen LogP contribution in [-0.2, 0) is 0 Å². The third-order valence-electron chi connectivity index (χ3n) is 2.66. The fourth-order valence-electron chi connectivity index (χ4n) is 2.02. The number of nitrogens with one attached hydrogen (secondary N) is 3. The van der Waals surface area contributed by atoms with E-state index in [0.29, 0.717) is 6.04 Å². The maximum absolute atomic E-state index is 3.56. The molecule has 0 aliphatic carbocycles. The Labute approximate surface area is 95.4 Å². The molecular formula is C12H29N3. The lowest BCUT2D eigenvalue weighted by Crippen LogP contribution is -2.58. The molecule has 0 aromatic rings. The van der Waals surface area contributed by atoms with Gasteiger partial charge in [-0.1, -0.05) is 27.7 Å². The highest BCUT2D eigenvalue weighted by Crippen LogP contribution is 2.07. The van der Waals surface area contributed by atoms with Crippen LogP contribution in [0.1, 0.15) is 40.5 Å². The monoisotopic (exact) mass is 215 g/mol. The van der Waals surface area contributed by atoms with Crippen LogP contribution in [0.2, 0.25) is 0 Å². The largest absolute Gasteiger partial charge is 0.315 e. The Morgan fingerprint density at radius 3 is 2.07 bits per heavy atom. The molecule has 2 rings (SSSR count). The number of hydrogen-bond acceptors (Lipinski definition) is 3. The Hall–Kier alpha value is -0.120. The van der Waals surface area contributed by atoms with Crippen LogP contribution in [-0.4, -0.2) is 38.3 Å². The third-order valence-corrected chi connectivity index (χ3v) is 2.66. The van der Waals surface area contributed by atoms with Gasteiger partial charge in [0.2, 0.25) is 0 Å². The molecule has 2 saturated heterocycles. The molecule has 0 aromatic carbocycles. The van der Waals surface area contributed by atoms with E-state index in [1.165, 1.54) is 19.4 Å². The first-order valence-electron chi connectivity index (χ1n) is 6.64. The van der Waals surface area contributed by atoms with E-state index < -0.39 is 0 Å². The van der Waals surface area contributed by atoms with Crippen LogP contribution < -0.4 is 16.0 Å². The first kappa shape index (κ1) is 14.9. The fourth-order valence-corrected chi connectivity index (χ4v) is 2.02. The highest BCUT2D eigenvalue weighted by atomic mass is 15.1. The molecule has 0 aromatic heterocycles. The summed E-state index contributed by atoms with van der Waals surface area (Å²) >= 11 is 0. The van der Waals surface area contributed by atoms with Crippen molar-refractivity contribution in [3.05, 3.63) is 0 Å². The third kappa shape index (κ3) is 5.50. The molecule has 0 amide bonds. The van der Waals surface area contributed by atoms with Gasteiger partial charge in [-0.05, 0) is 19.4 Å². The predicted molar refractivity (Wildman–Crippen MR) is 68.4 cm³/mol. The molecule has 0 radical (unpaired) electrons. The van der Waals surface area contributed by atoms with Crippen molar-refractivity contribution in [1.29, 1.82) is 0 Å². The predicted octanol–water partition coefficient (Wildman–Crippen LogP) is 1.35. The molecule has 3 heteroatoms. The standard InChI is InChI=1S/C8H17N3.2C2H6/c1-2-7-8(6-9-3-1)11-5-4-10-7;2*1-2/h7-11H,1-6H2;2*1-2H3. The maximum Gasteiger partial charge on any atom is 0.0347 e. The molecule has 2 fully saturated rings. The molecule has 2 atom stereocenters. The summed E-state index contributed by atoms with van der Waals surface area (Å²) in [4.78, 5) is 0. The second-order valence-corrected chi connectivity index (χ2v) is 3.47. The van der Waals surface area contributed by atoms with Gasteiger partial charge in [0, 0.05) is 31.7 Å². The summed E-state index contributed by atoms with van der Waals surface area (Å²) in [6.45, 7) is 12.6. The van der Waals surface area contributed by atoms with Crippen LogP contribution in [0.5, 0.6) is 0 Å². The topological polar surface area (TPSA) is 36.1 Å². The van der Waals surface area contributed by atoms with Crippen LogP contribution in [0.4, 0.5) is 0 Å². The van der Waals surface area contributed by atoms with Gasteiger partial charge in [-0.3, -0.25) is 0 Å². The van der Waals surface area contributed by atoms with Crippen molar-refractivity contribution in [2.45, 2.75) is 52.6 Å². The molecule has 0 spiro atoms. The van der Waals surface area contributed by atoms with E-state index >= 15 is 0 Å².